The van der Waals surface area contributed by atoms with Gasteiger partial charge in [0.05, 0.1) is 31.4 Å². The van der Waals surface area contributed by atoms with Crippen molar-refractivity contribution in [2.75, 3.05) is 33.3 Å². The van der Waals surface area contributed by atoms with Gasteiger partial charge in [0, 0.05) is 50.4 Å². The van der Waals surface area contributed by atoms with Gasteiger partial charge in [0.2, 0.25) is 11.6 Å². The minimum absolute atomic E-state index is 0.245. The molecular formula is C42H44N4O4. The molecule has 2 fully saturated rings. The quantitative estimate of drug-likeness (QED) is 0.122. The number of ether oxygens (including phenoxy) is 1. The van der Waals surface area contributed by atoms with Crippen molar-refractivity contribution < 1.29 is 19.4 Å². The molecule has 0 aliphatic carbocycles. The zero-order chi connectivity index (χ0) is 34.9. The second kappa shape index (κ2) is 14.2. The van der Waals surface area contributed by atoms with Crippen LogP contribution < -0.4 is 4.74 Å². The maximum atomic E-state index is 9.97. The lowest BCUT2D eigenvalue weighted by Gasteiger charge is -2.18. The van der Waals surface area contributed by atoms with Crippen molar-refractivity contribution in [1.29, 1.82) is 0 Å². The van der Waals surface area contributed by atoms with Crippen molar-refractivity contribution in [2.24, 2.45) is 0 Å². The van der Waals surface area contributed by atoms with E-state index in [1.54, 1.807) is 7.11 Å². The fraction of sp³-hybridized carbons (Fsp3) is 0.333. The molecule has 0 amide bonds. The molecule has 0 radical (unpaired) electrons. The van der Waals surface area contributed by atoms with Crippen LogP contribution in [-0.2, 0) is 13.1 Å². The first-order chi connectivity index (χ1) is 24.2. The number of oxazole rings is 1. The maximum absolute atomic E-state index is 9.97. The standard InChI is InChI=1S/C42H44N4O4/c1-26-18-32(23-46-17-15-34(48)25-46)40(49-5)21-31(26)13-12-30-8-6-9-35(27(30)2)36-10-7-11-37(28(36)3)42-44-39-20-29(19-38(43-4)41(39)50-42)22-45-16-14-33(47)24-45/h6-13,18-21,33-34,47-48H,14-17,22-25H2,1-3,5H3/b13-12+/t33-,34-/m1/s1. The van der Waals surface area contributed by atoms with E-state index in [1.807, 2.05) is 24.3 Å². The van der Waals surface area contributed by atoms with Crippen molar-refractivity contribution in [3.8, 4) is 28.3 Å². The summed E-state index contributed by atoms with van der Waals surface area (Å²) in [6, 6.07) is 20.8. The third kappa shape index (κ3) is 6.83. The van der Waals surface area contributed by atoms with Crippen molar-refractivity contribution in [3.63, 3.8) is 0 Å². The van der Waals surface area contributed by atoms with Gasteiger partial charge < -0.3 is 19.4 Å². The molecule has 0 bridgehead atoms. The summed E-state index contributed by atoms with van der Waals surface area (Å²) < 4.78 is 12.1. The smallest absolute Gasteiger partial charge is 0.231 e. The first kappa shape index (κ1) is 33.7. The highest BCUT2D eigenvalue weighted by atomic mass is 16.5. The molecule has 5 aromatic rings. The summed E-state index contributed by atoms with van der Waals surface area (Å²) in [6.45, 7) is 18.7. The number of fused-ring (bicyclic) bond motifs is 1. The van der Waals surface area contributed by atoms with Crippen LogP contribution in [0.5, 0.6) is 5.75 Å². The van der Waals surface area contributed by atoms with Crippen molar-refractivity contribution >= 4 is 28.9 Å². The Labute approximate surface area is 294 Å². The molecule has 0 spiro atoms. The van der Waals surface area contributed by atoms with Crippen LogP contribution in [0, 0.1) is 27.3 Å². The van der Waals surface area contributed by atoms with Crippen LogP contribution in [0.4, 0.5) is 5.69 Å². The fourth-order valence-electron chi connectivity index (χ4n) is 7.49. The Kier molecular flexibility index (Phi) is 9.58. The third-order valence-electron chi connectivity index (χ3n) is 10.3. The normalized spacial score (nSPS) is 18.4. The van der Waals surface area contributed by atoms with E-state index in [2.05, 4.69) is 84.0 Å². The molecule has 8 heteroatoms. The van der Waals surface area contributed by atoms with E-state index >= 15 is 0 Å². The Morgan fingerprint density at radius 1 is 0.860 bits per heavy atom. The molecule has 3 heterocycles. The van der Waals surface area contributed by atoms with Gasteiger partial charge in [0.1, 0.15) is 5.75 Å². The number of likely N-dealkylation sites (tertiary alicyclic amines) is 2. The van der Waals surface area contributed by atoms with Gasteiger partial charge in [-0.2, -0.15) is 0 Å². The number of aliphatic hydroxyl groups is 2. The number of rotatable bonds is 9. The lowest BCUT2D eigenvalue weighted by molar-refractivity contribution is 0.174. The molecule has 0 saturated carbocycles. The molecule has 50 heavy (non-hydrogen) atoms. The van der Waals surface area contributed by atoms with Gasteiger partial charge in [-0.05, 0) is 102 Å². The van der Waals surface area contributed by atoms with Crippen LogP contribution in [0.25, 0.3) is 50.7 Å². The molecule has 4 aromatic carbocycles. The van der Waals surface area contributed by atoms with Crippen LogP contribution in [0.1, 0.15) is 51.8 Å². The van der Waals surface area contributed by atoms with Gasteiger partial charge >= 0.3 is 0 Å². The third-order valence-corrected chi connectivity index (χ3v) is 10.3. The van der Waals surface area contributed by atoms with E-state index in [1.165, 1.54) is 11.1 Å². The number of aromatic nitrogens is 1. The fourth-order valence-corrected chi connectivity index (χ4v) is 7.49. The summed E-state index contributed by atoms with van der Waals surface area (Å²) in [5.41, 5.74) is 12.5. The lowest BCUT2D eigenvalue weighted by atomic mass is 9.91. The van der Waals surface area contributed by atoms with Gasteiger partial charge in [-0.15, -0.1) is 0 Å². The van der Waals surface area contributed by atoms with E-state index in [0.29, 0.717) is 42.3 Å². The number of hydrogen-bond donors (Lipinski definition) is 2. The Hall–Kier alpha value is -4.78. The Balaban J connectivity index is 1.16. The summed E-state index contributed by atoms with van der Waals surface area (Å²) in [4.78, 5) is 13.1. The average Bonchev–Trinajstić information content (AvgIpc) is 3.84. The van der Waals surface area contributed by atoms with Gasteiger partial charge in [0.15, 0.2) is 5.58 Å². The van der Waals surface area contributed by atoms with E-state index in [0.717, 1.165) is 82.7 Å². The molecule has 2 saturated heterocycles. The summed E-state index contributed by atoms with van der Waals surface area (Å²) in [7, 11) is 1.72. The van der Waals surface area contributed by atoms with Crippen LogP contribution in [0.15, 0.2) is 65.1 Å². The van der Waals surface area contributed by atoms with E-state index in [-0.39, 0.29) is 12.2 Å². The average molecular weight is 669 g/mol. The molecule has 8 nitrogen and oxygen atoms in total. The first-order valence-electron chi connectivity index (χ1n) is 17.4. The van der Waals surface area contributed by atoms with E-state index < -0.39 is 0 Å². The molecule has 256 valence electrons. The summed E-state index contributed by atoms with van der Waals surface area (Å²) in [5.74, 6) is 1.36. The molecular weight excluding hydrogens is 624 g/mol. The molecule has 2 aliphatic heterocycles. The number of nitrogens with zero attached hydrogens (tertiary/aromatic N) is 4. The van der Waals surface area contributed by atoms with Gasteiger partial charge in [-0.1, -0.05) is 48.6 Å². The summed E-state index contributed by atoms with van der Waals surface area (Å²) in [5, 5.41) is 19.9. The topological polar surface area (TPSA) is 86.6 Å². The van der Waals surface area contributed by atoms with Crippen LogP contribution in [-0.4, -0.2) is 70.5 Å². The second-order valence-electron chi connectivity index (χ2n) is 13.8. The van der Waals surface area contributed by atoms with Gasteiger partial charge in [-0.25, -0.2) is 9.83 Å². The van der Waals surface area contributed by atoms with Crippen LogP contribution >= 0.6 is 0 Å². The number of β-amino-alcohol motifs (C(OH)–C–C–N with tert-alkyl or cyclic N) is 2. The SMILES string of the molecule is [C-]#[N+]c1cc(CN2CC[C@@H](O)C2)cc2nc(-c3cccc(-c4cccc(/C=C/c5cc(OC)c(CN6CC[C@@H](O)C6)cc5C)c4C)c3C)oc12. The Bertz CT molecular complexity index is 2130. The Morgan fingerprint density at radius 2 is 1.52 bits per heavy atom. The van der Waals surface area contributed by atoms with Crippen molar-refractivity contribution in [2.45, 2.75) is 58.9 Å². The number of benzene rings is 4. The van der Waals surface area contributed by atoms with Gasteiger partial charge in [-0.3, -0.25) is 9.80 Å². The minimum Gasteiger partial charge on any atom is -0.496 e. The van der Waals surface area contributed by atoms with Crippen LogP contribution in [0.3, 0.4) is 0 Å². The number of aliphatic hydroxyl groups excluding tert-OH is 2. The lowest BCUT2D eigenvalue weighted by Crippen LogP contribution is -2.21. The summed E-state index contributed by atoms with van der Waals surface area (Å²) in [6.07, 6.45) is 5.38. The summed E-state index contributed by atoms with van der Waals surface area (Å²) >= 11 is 0. The minimum atomic E-state index is -0.291. The molecule has 0 unspecified atom stereocenters. The predicted molar refractivity (Wildman–Crippen MR) is 199 cm³/mol. The maximum Gasteiger partial charge on any atom is 0.231 e. The van der Waals surface area contributed by atoms with Crippen LogP contribution in [0.2, 0.25) is 0 Å². The highest BCUT2D eigenvalue weighted by molar-refractivity contribution is 5.90. The van der Waals surface area contributed by atoms with E-state index in [4.69, 9.17) is 20.7 Å². The number of aryl methyl sites for hydroxylation is 1. The first-order valence-corrected chi connectivity index (χ1v) is 17.4. The zero-order valence-electron chi connectivity index (χ0n) is 29.2. The highest BCUT2D eigenvalue weighted by Gasteiger charge is 2.23. The van der Waals surface area contributed by atoms with Gasteiger partial charge in [0.25, 0.3) is 0 Å². The van der Waals surface area contributed by atoms with Crippen molar-refractivity contribution in [1.82, 2.24) is 14.8 Å². The number of hydrogen-bond acceptors (Lipinski definition) is 7. The molecule has 2 N–H and O–H groups in total. The number of methoxy groups -OCH3 is 1. The monoisotopic (exact) mass is 668 g/mol. The Morgan fingerprint density at radius 3 is 2.20 bits per heavy atom. The highest BCUT2D eigenvalue weighted by Crippen LogP contribution is 2.38. The molecule has 2 atom stereocenters. The molecule has 2 aliphatic rings. The molecule has 1 aromatic heterocycles. The molecule has 7 rings (SSSR count). The van der Waals surface area contributed by atoms with E-state index in [9.17, 15) is 10.2 Å². The largest absolute Gasteiger partial charge is 0.496 e. The van der Waals surface area contributed by atoms with Crippen molar-refractivity contribution in [3.05, 3.63) is 111 Å². The second-order valence-corrected chi connectivity index (χ2v) is 13.8. The predicted octanol–water partition coefficient (Wildman–Crippen LogP) is 7.95. The zero-order valence-corrected chi connectivity index (χ0v) is 29.2.